The Kier molecular flexibility index (Phi) is 7.35. The van der Waals surface area contributed by atoms with E-state index < -0.39 is 12.0 Å². The second-order valence-electron chi connectivity index (χ2n) is 7.55. The number of aromatic nitrogens is 1. The van der Waals surface area contributed by atoms with Crippen molar-refractivity contribution in [3.8, 4) is 11.5 Å². The molecule has 0 aliphatic carbocycles. The zero-order valence-corrected chi connectivity index (χ0v) is 21.8. The first-order valence-electron chi connectivity index (χ1n) is 10.7. The Hall–Kier alpha value is -3.07. The van der Waals surface area contributed by atoms with Crippen LogP contribution in [0, 0.1) is 0 Å². The molecule has 182 valence electrons. The van der Waals surface area contributed by atoms with Gasteiger partial charge in [-0.2, -0.15) is 0 Å². The summed E-state index contributed by atoms with van der Waals surface area (Å²) in [5.41, 5.74) is 1.58. The van der Waals surface area contributed by atoms with Crippen LogP contribution in [0.1, 0.15) is 31.0 Å². The summed E-state index contributed by atoms with van der Waals surface area (Å²) in [5.74, 6) is 0.445. The monoisotopic (exact) mass is 532 g/mol. The third kappa shape index (κ3) is 4.61. The van der Waals surface area contributed by atoms with Crippen LogP contribution in [0.5, 0.6) is 11.5 Å². The maximum Gasteiger partial charge on any atom is 0.338 e. The van der Waals surface area contributed by atoms with E-state index in [4.69, 9.17) is 37.4 Å². The number of methoxy groups -OCH3 is 2. The van der Waals surface area contributed by atoms with E-state index in [1.807, 2.05) is 0 Å². The van der Waals surface area contributed by atoms with Gasteiger partial charge >= 0.3 is 5.97 Å². The fraction of sp³-hybridized carbons (Fsp3) is 0.240. The van der Waals surface area contributed by atoms with Crippen molar-refractivity contribution in [2.45, 2.75) is 19.9 Å². The van der Waals surface area contributed by atoms with Crippen LogP contribution < -0.4 is 24.4 Å². The summed E-state index contributed by atoms with van der Waals surface area (Å²) in [6, 6.07) is 9.60. The molecule has 0 fully saturated rings. The summed E-state index contributed by atoms with van der Waals surface area (Å²) in [6.07, 6.45) is 1.64. The zero-order valence-electron chi connectivity index (χ0n) is 19.4. The van der Waals surface area contributed by atoms with Crippen LogP contribution in [0.3, 0.4) is 0 Å². The van der Waals surface area contributed by atoms with Gasteiger partial charge in [0.1, 0.15) is 0 Å². The number of ether oxygens (including phenoxy) is 3. The Morgan fingerprint density at radius 2 is 1.83 bits per heavy atom. The Balaban J connectivity index is 2.00. The smallest absolute Gasteiger partial charge is 0.338 e. The van der Waals surface area contributed by atoms with Crippen LogP contribution in [0.15, 0.2) is 57.5 Å². The molecular formula is C25H22Cl2N2O5S. The summed E-state index contributed by atoms with van der Waals surface area (Å²) in [6.45, 7) is 3.63. The van der Waals surface area contributed by atoms with Gasteiger partial charge < -0.3 is 14.2 Å². The van der Waals surface area contributed by atoms with Crippen LogP contribution in [-0.2, 0) is 9.53 Å². The molecule has 1 aliphatic heterocycles. The highest BCUT2D eigenvalue weighted by atomic mass is 35.5. The number of allylic oxidation sites excluding steroid dienone is 1. The summed E-state index contributed by atoms with van der Waals surface area (Å²) in [4.78, 5) is 31.7. The first kappa shape index (κ1) is 25.0. The van der Waals surface area contributed by atoms with Gasteiger partial charge in [-0.1, -0.05) is 46.7 Å². The van der Waals surface area contributed by atoms with Gasteiger partial charge in [0.05, 0.1) is 42.7 Å². The molecule has 7 nitrogen and oxygen atoms in total. The summed E-state index contributed by atoms with van der Waals surface area (Å²) in [5, 5.41) is 0.839. The van der Waals surface area contributed by atoms with E-state index in [1.54, 1.807) is 56.3 Å². The molecule has 4 rings (SSSR count). The molecule has 0 saturated carbocycles. The number of benzene rings is 2. The molecule has 0 radical (unpaired) electrons. The Labute approximate surface area is 215 Å². The van der Waals surface area contributed by atoms with Crippen LogP contribution in [0.2, 0.25) is 10.0 Å². The number of thiazole rings is 1. The largest absolute Gasteiger partial charge is 0.493 e. The fourth-order valence-electron chi connectivity index (χ4n) is 3.91. The van der Waals surface area contributed by atoms with Crippen molar-refractivity contribution in [2.75, 3.05) is 20.8 Å². The predicted molar refractivity (Wildman–Crippen MR) is 136 cm³/mol. The van der Waals surface area contributed by atoms with E-state index in [2.05, 4.69) is 4.99 Å². The van der Waals surface area contributed by atoms with Crippen molar-refractivity contribution in [1.29, 1.82) is 0 Å². The molecule has 2 aromatic carbocycles. The number of rotatable bonds is 6. The maximum atomic E-state index is 13.7. The lowest BCUT2D eigenvalue weighted by Crippen LogP contribution is -2.40. The van der Waals surface area contributed by atoms with Crippen LogP contribution >= 0.6 is 34.5 Å². The van der Waals surface area contributed by atoms with Gasteiger partial charge in [-0.3, -0.25) is 9.36 Å². The first-order chi connectivity index (χ1) is 16.8. The molecule has 10 heteroatoms. The minimum Gasteiger partial charge on any atom is -0.493 e. The van der Waals surface area contributed by atoms with E-state index in [0.29, 0.717) is 47.7 Å². The van der Waals surface area contributed by atoms with Crippen molar-refractivity contribution in [2.24, 2.45) is 4.99 Å². The summed E-state index contributed by atoms with van der Waals surface area (Å²) < 4.78 is 18.0. The normalized spacial score (nSPS) is 15.5. The maximum absolute atomic E-state index is 13.7. The van der Waals surface area contributed by atoms with E-state index in [1.165, 1.54) is 30.1 Å². The van der Waals surface area contributed by atoms with E-state index in [0.717, 1.165) is 0 Å². The number of fused-ring (bicyclic) bond motifs is 1. The van der Waals surface area contributed by atoms with Crippen LogP contribution in [0.4, 0.5) is 0 Å². The first-order valence-corrected chi connectivity index (χ1v) is 12.2. The van der Waals surface area contributed by atoms with Crippen molar-refractivity contribution < 1.29 is 19.0 Å². The molecule has 1 atom stereocenters. The van der Waals surface area contributed by atoms with Crippen molar-refractivity contribution >= 4 is 46.6 Å². The van der Waals surface area contributed by atoms with Gasteiger partial charge in [-0.15, -0.1) is 0 Å². The van der Waals surface area contributed by atoms with Gasteiger partial charge in [0, 0.05) is 15.6 Å². The molecule has 1 aromatic heterocycles. The van der Waals surface area contributed by atoms with Gasteiger partial charge in [0.2, 0.25) is 0 Å². The fourth-order valence-corrected chi connectivity index (χ4v) is 5.44. The zero-order chi connectivity index (χ0) is 25.3. The van der Waals surface area contributed by atoms with Crippen LogP contribution in [-0.4, -0.2) is 31.4 Å². The van der Waals surface area contributed by atoms with E-state index in [9.17, 15) is 9.59 Å². The van der Waals surface area contributed by atoms with E-state index in [-0.39, 0.29) is 17.7 Å². The van der Waals surface area contributed by atoms with Gasteiger partial charge in [0.25, 0.3) is 5.56 Å². The highest BCUT2D eigenvalue weighted by Crippen LogP contribution is 2.36. The minimum atomic E-state index is -0.783. The molecule has 0 N–H and O–H groups in total. The number of esters is 1. The molecule has 2 heterocycles. The summed E-state index contributed by atoms with van der Waals surface area (Å²) >= 11 is 13.8. The second kappa shape index (κ2) is 10.3. The molecule has 1 aliphatic rings. The second-order valence-corrected chi connectivity index (χ2v) is 9.38. The third-order valence-electron chi connectivity index (χ3n) is 5.52. The van der Waals surface area contributed by atoms with Gasteiger partial charge in [0.15, 0.2) is 16.3 Å². The van der Waals surface area contributed by atoms with Crippen molar-refractivity contribution in [3.05, 3.63) is 88.5 Å². The highest BCUT2D eigenvalue weighted by Gasteiger charge is 2.34. The number of nitrogens with zero attached hydrogens (tertiary/aromatic N) is 2. The Morgan fingerprint density at radius 1 is 1.14 bits per heavy atom. The molecular weight excluding hydrogens is 511 g/mol. The Bertz CT molecular complexity index is 1500. The van der Waals surface area contributed by atoms with E-state index >= 15 is 0 Å². The number of hydrogen-bond donors (Lipinski definition) is 0. The minimum absolute atomic E-state index is 0.184. The standard InChI is InChI=1S/C25H22Cl2N2O5S/c1-5-34-24(31)21-13(2)28-25-29(22(21)14-9-10-18(32-3)19(11-14)33-4)23(30)20(35-25)12-15-16(26)7-6-8-17(15)27/h6-12,22H,5H2,1-4H3/b20-12-/t22-/m0/s1. The molecule has 0 spiro atoms. The quantitative estimate of drug-likeness (QED) is 0.446. The molecule has 0 amide bonds. The molecule has 3 aromatic rings. The lowest BCUT2D eigenvalue weighted by molar-refractivity contribution is -0.139. The molecule has 0 saturated heterocycles. The van der Waals surface area contributed by atoms with Gasteiger partial charge in [-0.05, 0) is 49.8 Å². The SMILES string of the molecule is CCOC(=O)C1=C(C)N=c2s/c(=C\c3c(Cl)cccc3Cl)c(=O)n2[C@H]1c1ccc(OC)c(OC)c1. The lowest BCUT2D eigenvalue weighted by Gasteiger charge is -2.25. The average Bonchev–Trinajstić information content (AvgIpc) is 3.14. The topological polar surface area (TPSA) is 79.1 Å². The number of carbonyl (C=O) groups excluding carboxylic acids is 1. The number of carbonyl (C=O) groups is 1. The third-order valence-corrected chi connectivity index (χ3v) is 7.16. The highest BCUT2D eigenvalue weighted by molar-refractivity contribution is 7.07. The van der Waals surface area contributed by atoms with Crippen molar-refractivity contribution in [3.63, 3.8) is 0 Å². The molecule has 0 bridgehead atoms. The Morgan fingerprint density at radius 3 is 2.46 bits per heavy atom. The molecule has 0 unspecified atom stereocenters. The summed E-state index contributed by atoms with van der Waals surface area (Å²) in [7, 11) is 3.06. The molecule has 35 heavy (non-hydrogen) atoms. The lowest BCUT2D eigenvalue weighted by atomic mass is 9.95. The number of halogens is 2. The van der Waals surface area contributed by atoms with Crippen LogP contribution in [0.25, 0.3) is 6.08 Å². The average molecular weight is 533 g/mol. The predicted octanol–water partition coefficient (Wildman–Crippen LogP) is 4.12. The number of hydrogen-bond acceptors (Lipinski definition) is 7. The van der Waals surface area contributed by atoms with Crippen molar-refractivity contribution in [1.82, 2.24) is 4.57 Å². The van der Waals surface area contributed by atoms with Gasteiger partial charge in [-0.25, -0.2) is 9.79 Å².